The molecule has 84 valence electrons. The minimum absolute atomic E-state index is 0.317. The summed E-state index contributed by atoms with van der Waals surface area (Å²) in [6, 6.07) is 6.22. The number of rotatable bonds is 3. The number of ether oxygens (including phenoxy) is 1. The predicted molar refractivity (Wildman–Crippen MR) is 64.3 cm³/mol. The lowest BCUT2D eigenvalue weighted by atomic mass is 9.92. The summed E-state index contributed by atoms with van der Waals surface area (Å²) < 4.78 is 5.39. The molecule has 0 aliphatic heterocycles. The molecule has 1 aromatic carbocycles. The molecule has 0 aliphatic rings. The zero-order valence-electron chi connectivity index (χ0n) is 10.3. The maximum atomic E-state index is 6.05. The van der Waals surface area contributed by atoms with Gasteiger partial charge in [-0.1, -0.05) is 26.0 Å². The average molecular weight is 207 g/mol. The molecule has 1 rings (SSSR count). The molecular weight excluding hydrogens is 186 g/mol. The van der Waals surface area contributed by atoms with Crippen molar-refractivity contribution < 1.29 is 4.74 Å². The zero-order chi connectivity index (χ0) is 11.6. The predicted octanol–water partition coefficient (Wildman–Crippen LogP) is 3.01. The van der Waals surface area contributed by atoms with Crippen molar-refractivity contribution in [2.75, 3.05) is 7.11 Å². The summed E-state index contributed by atoms with van der Waals surface area (Å²) in [5.41, 5.74) is 8.06. The SMILES string of the molecule is COc1cc(C(C)(C)N)ccc1C(C)C. The summed E-state index contributed by atoms with van der Waals surface area (Å²) in [5, 5.41) is 0. The van der Waals surface area contributed by atoms with E-state index >= 15 is 0 Å². The van der Waals surface area contributed by atoms with Crippen LogP contribution in [0.1, 0.15) is 44.7 Å². The van der Waals surface area contributed by atoms with E-state index in [0.717, 1.165) is 11.3 Å². The monoisotopic (exact) mass is 207 g/mol. The fourth-order valence-corrected chi connectivity index (χ4v) is 1.59. The highest BCUT2D eigenvalue weighted by molar-refractivity contribution is 5.41. The zero-order valence-corrected chi connectivity index (χ0v) is 10.3. The molecule has 0 heterocycles. The molecule has 0 amide bonds. The van der Waals surface area contributed by atoms with Gasteiger partial charge < -0.3 is 10.5 Å². The molecular formula is C13H21NO. The van der Waals surface area contributed by atoms with Crippen LogP contribution in [-0.4, -0.2) is 7.11 Å². The third-order valence-electron chi connectivity index (χ3n) is 2.60. The van der Waals surface area contributed by atoms with E-state index in [2.05, 4.69) is 26.0 Å². The molecule has 0 saturated carbocycles. The van der Waals surface area contributed by atoms with Gasteiger partial charge in [0.1, 0.15) is 5.75 Å². The van der Waals surface area contributed by atoms with Gasteiger partial charge in [-0.05, 0) is 37.0 Å². The number of methoxy groups -OCH3 is 1. The van der Waals surface area contributed by atoms with Crippen molar-refractivity contribution in [2.45, 2.75) is 39.2 Å². The fraction of sp³-hybridized carbons (Fsp3) is 0.538. The highest BCUT2D eigenvalue weighted by Crippen LogP contribution is 2.30. The van der Waals surface area contributed by atoms with Crippen molar-refractivity contribution in [3.8, 4) is 5.75 Å². The number of hydrogen-bond donors (Lipinski definition) is 1. The summed E-state index contributed by atoms with van der Waals surface area (Å²) in [7, 11) is 1.70. The molecule has 0 bridgehead atoms. The molecule has 0 saturated heterocycles. The van der Waals surface area contributed by atoms with Crippen LogP contribution in [0.25, 0.3) is 0 Å². The number of benzene rings is 1. The fourth-order valence-electron chi connectivity index (χ4n) is 1.59. The molecule has 2 nitrogen and oxygen atoms in total. The third-order valence-corrected chi connectivity index (χ3v) is 2.60. The van der Waals surface area contributed by atoms with E-state index < -0.39 is 0 Å². The molecule has 0 unspecified atom stereocenters. The molecule has 0 fully saturated rings. The smallest absolute Gasteiger partial charge is 0.122 e. The molecule has 1 aromatic rings. The van der Waals surface area contributed by atoms with E-state index in [4.69, 9.17) is 10.5 Å². The van der Waals surface area contributed by atoms with Crippen LogP contribution >= 0.6 is 0 Å². The van der Waals surface area contributed by atoms with Crippen molar-refractivity contribution in [3.63, 3.8) is 0 Å². The molecule has 0 atom stereocenters. The van der Waals surface area contributed by atoms with Crippen molar-refractivity contribution >= 4 is 0 Å². The van der Waals surface area contributed by atoms with Crippen molar-refractivity contribution in [1.82, 2.24) is 0 Å². The minimum Gasteiger partial charge on any atom is -0.496 e. The summed E-state index contributed by atoms with van der Waals surface area (Å²) in [6.45, 7) is 8.31. The Labute approximate surface area is 92.4 Å². The van der Waals surface area contributed by atoms with Gasteiger partial charge in [-0.2, -0.15) is 0 Å². The second kappa shape index (κ2) is 4.23. The van der Waals surface area contributed by atoms with Crippen molar-refractivity contribution in [2.24, 2.45) is 5.73 Å². The molecule has 0 spiro atoms. The lowest BCUT2D eigenvalue weighted by Crippen LogP contribution is -2.28. The number of nitrogens with two attached hydrogens (primary N) is 1. The van der Waals surface area contributed by atoms with Crippen LogP contribution in [0.3, 0.4) is 0 Å². The van der Waals surface area contributed by atoms with Crippen molar-refractivity contribution in [1.29, 1.82) is 0 Å². The Hall–Kier alpha value is -1.02. The lowest BCUT2D eigenvalue weighted by molar-refractivity contribution is 0.405. The van der Waals surface area contributed by atoms with Gasteiger partial charge in [-0.15, -0.1) is 0 Å². The van der Waals surface area contributed by atoms with Gasteiger partial charge in [0.25, 0.3) is 0 Å². The summed E-state index contributed by atoms with van der Waals surface area (Å²) in [4.78, 5) is 0. The van der Waals surface area contributed by atoms with Crippen LogP contribution in [0.15, 0.2) is 18.2 Å². The molecule has 2 N–H and O–H groups in total. The Kier molecular flexibility index (Phi) is 3.40. The first-order valence-corrected chi connectivity index (χ1v) is 5.33. The first-order valence-electron chi connectivity index (χ1n) is 5.33. The van der Waals surface area contributed by atoms with Gasteiger partial charge in [-0.3, -0.25) is 0 Å². The maximum Gasteiger partial charge on any atom is 0.122 e. The van der Waals surface area contributed by atoms with Crippen LogP contribution in [0, 0.1) is 0 Å². The quantitative estimate of drug-likeness (QED) is 0.827. The summed E-state index contributed by atoms with van der Waals surface area (Å²) in [5.74, 6) is 1.40. The van der Waals surface area contributed by atoms with E-state index in [1.54, 1.807) is 7.11 Å². The topological polar surface area (TPSA) is 35.2 Å². The average Bonchev–Trinajstić information content (AvgIpc) is 2.15. The molecule has 15 heavy (non-hydrogen) atoms. The van der Waals surface area contributed by atoms with Gasteiger partial charge in [0.2, 0.25) is 0 Å². The third kappa shape index (κ3) is 2.72. The first kappa shape index (κ1) is 12.1. The largest absolute Gasteiger partial charge is 0.496 e. The van der Waals surface area contributed by atoms with Crippen LogP contribution in [0.2, 0.25) is 0 Å². The van der Waals surface area contributed by atoms with Gasteiger partial charge in [0.15, 0.2) is 0 Å². The molecule has 0 aromatic heterocycles. The van der Waals surface area contributed by atoms with E-state index in [0.29, 0.717) is 5.92 Å². The van der Waals surface area contributed by atoms with Crippen molar-refractivity contribution in [3.05, 3.63) is 29.3 Å². The highest BCUT2D eigenvalue weighted by Gasteiger charge is 2.17. The molecule has 0 radical (unpaired) electrons. The molecule has 0 aliphatic carbocycles. The lowest BCUT2D eigenvalue weighted by Gasteiger charge is -2.21. The Balaban J connectivity index is 3.19. The van der Waals surface area contributed by atoms with E-state index in [9.17, 15) is 0 Å². The van der Waals surface area contributed by atoms with Gasteiger partial charge >= 0.3 is 0 Å². The Morgan fingerprint density at radius 2 is 1.87 bits per heavy atom. The number of hydrogen-bond acceptors (Lipinski definition) is 2. The summed E-state index contributed by atoms with van der Waals surface area (Å²) >= 11 is 0. The Morgan fingerprint density at radius 1 is 1.27 bits per heavy atom. The van der Waals surface area contributed by atoms with Crippen LogP contribution in [0.5, 0.6) is 5.75 Å². The van der Waals surface area contributed by atoms with E-state index in [1.165, 1.54) is 5.56 Å². The van der Waals surface area contributed by atoms with Crippen LogP contribution in [-0.2, 0) is 5.54 Å². The minimum atomic E-state index is -0.317. The van der Waals surface area contributed by atoms with Gasteiger partial charge in [0.05, 0.1) is 7.11 Å². The Bertz CT molecular complexity index is 337. The van der Waals surface area contributed by atoms with Crippen LogP contribution in [0.4, 0.5) is 0 Å². The Morgan fingerprint density at radius 3 is 2.27 bits per heavy atom. The summed E-state index contributed by atoms with van der Waals surface area (Å²) in [6.07, 6.45) is 0. The highest BCUT2D eigenvalue weighted by atomic mass is 16.5. The van der Waals surface area contributed by atoms with Gasteiger partial charge in [0, 0.05) is 5.54 Å². The second-order valence-corrected chi connectivity index (χ2v) is 4.83. The molecule has 2 heteroatoms. The second-order valence-electron chi connectivity index (χ2n) is 4.83. The van der Waals surface area contributed by atoms with Gasteiger partial charge in [-0.25, -0.2) is 0 Å². The first-order chi connectivity index (χ1) is 6.86. The normalized spacial score (nSPS) is 11.9. The maximum absolute atomic E-state index is 6.05. The standard InChI is InChI=1S/C13H21NO/c1-9(2)11-7-6-10(13(3,4)14)8-12(11)15-5/h6-9H,14H2,1-5H3. The van der Waals surface area contributed by atoms with E-state index in [-0.39, 0.29) is 5.54 Å². The van der Waals surface area contributed by atoms with E-state index in [1.807, 2.05) is 19.9 Å². The van der Waals surface area contributed by atoms with Crippen LogP contribution < -0.4 is 10.5 Å².